The van der Waals surface area contributed by atoms with Crippen LogP contribution in [0.4, 0.5) is 4.39 Å². The Morgan fingerprint density at radius 3 is 1.56 bits per heavy atom. The van der Waals surface area contributed by atoms with E-state index in [1.54, 1.807) is 0 Å². The van der Waals surface area contributed by atoms with E-state index in [0.717, 1.165) is 33.6 Å². The third-order valence-corrected chi connectivity index (χ3v) is 13.0. The van der Waals surface area contributed by atoms with E-state index in [2.05, 4.69) is 103 Å². The van der Waals surface area contributed by atoms with E-state index < -0.39 is 0 Å². The number of fused-ring (bicyclic) bond motifs is 2. The molecule has 0 saturated carbocycles. The fourth-order valence-corrected chi connectivity index (χ4v) is 10.1. The number of carbonyl (C=O) groups is 2. The SMILES string of the molecule is CC(=O)C=C(C)O.CC(=O)C=C(C)O.Cc1[c-]c(-c2cc3cc(-c4ccccc4)[se]c3cn2)cc(C)c1.Fc1ccc(-c2cc3cc(-c4[c-]cccc4)ncc3[se]2)cc1.[Ir].[Ir]. The second kappa shape index (κ2) is 24.7. The number of halogens is 1. The Morgan fingerprint density at radius 1 is 0.623 bits per heavy atom. The van der Waals surface area contributed by atoms with Gasteiger partial charge in [-0.15, -0.1) is 0 Å². The molecule has 0 aliphatic carbocycles. The minimum atomic E-state index is -0.198. The normalized spacial score (nSPS) is 10.7. The van der Waals surface area contributed by atoms with Gasteiger partial charge in [-0.05, 0) is 27.7 Å². The molecule has 8 rings (SSSR count). The summed E-state index contributed by atoms with van der Waals surface area (Å²) in [5, 5.41) is 19.2. The molecule has 2 radical (unpaired) electrons. The molecule has 0 aliphatic heterocycles. The molecule has 4 heterocycles. The van der Waals surface area contributed by atoms with Gasteiger partial charge in [0.1, 0.15) is 0 Å². The third kappa shape index (κ3) is 16.0. The summed E-state index contributed by atoms with van der Waals surface area (Å²) in [7, 11) is 0. The van der Waals surface area contributed by atoms with Crippen molar-refractivity contribution in [2.24, 2.45) is 0 Å². The minimum absolute atomic E-state index is 0. The summed E-state index contributed by atoms with van der Waals surface area (Å²) in [6.45, 7) is 9.90. The molecule has 0 bridgehead atoms. The Labute approximate surface area is 395 Å². The van der Waals surface area contributed by atoms with Gasteiger partial charge >= 0.3 is 276 Å². The molecule has 6 nitrogen and oxygen atoms in total. The van der Waals surface area contributed by atoms with Crippen molar-refractivity contribution in [3.05, 3.63) is 180 Å². The van der Waals surface area contributed by atoms with Crippen molar-refractivity contribution < 1.29 is 64.4 Å². The van der Waals surface area contributed by atoms with Gasteiger partial charge in [-0.3, -0.25) is 9.59 Å². The summed E-state index contributed by atoms with van der Waals surface area (Å²) < 4.78 is 18.4. The molecule has 0 unspecified atom stereocenters. The van der Waals surface area contributed by atoms with Crippen LogP contribution in [0.5, 0.6) is 0 Å². The van der Waals surface area contributed by atoms with Crippen LogP contribution in [0.1, 0.15) is 38.8 Å². The maximum atomic E-state index is 13.0. The van der Waals surface area contributed by atoms with Crippen LogP contribution in [0.3, 0.4) is 0 Å². The average molecular weight is 1300 g/mol. The van der Waals surface area contributed by atoms with Crippen molar-refractivity contribution in [2.45, 2.75) is 41.5 Å². The van der Waals surface area contributed by atoms with Crippen LogP contribution in [0.15, 0.2) is 151 Å². The van der Waals surface area contributed by atoms with E-state index in [1.807, 2.05) is 48.8 Å². The molecular formula is C50H43FIr2N2O4Se2-2. The van der Waals surface area contributed by atoms with Crippen molar-refractivity contribution in [3.63, 3.8) is 0 Å². The Kier molecular flexibility index (Phi) is 20.5. The summed E-state index contributed by atoms with van der Waals surface area (Å²) in [4.78, 5) is 29.3. The molecule has 0 saturated heterocycles. The van der Waals surface area contributed by atoms with Crippen LogP contribution >= 0.6 is 0 Å². The number of rotatable bonds is 6. The van der Waals surface area contributed by atoms with Crippen LogP contribution in [0, 0.1) is 31.8 Å². The van der Waals surface area contributed by atoms with Crippen molar-refractivity contribution in [1.29, 1.82) is 0 Å². The number of aromatic nitrogens is 2. The number of aryl methyl sites for hydroxylation is 2. The summed E-state index contributed by atoms with van der Waals surface area (Å²) in [6.07, 6.45) is 6.33. The van der Waals surface area contributed by atoms with E-state index in [9.17, 15) is 14.0 Å². The molecular weight excluding hydrogens is 1250 g/mol. The molecule has 11 heteroatoms. The first-order chi connectivity index (χ1) is 28.2. The number of aliphatic hydroxyl groups excluding tert-OH is 2. The van der Waals surface area contributed by atoms with Crippen molar-refractivity contribution >= 4 is 59.9 Å². The van der Waals surface area contributed by atoms with Gasteiger partial charge in [0.2, 0.25) is 0 Å². The summed E-state index contributed by atoms with van der Waals surface area (Å²) in [5.41, 5.74) is 8.86. The Balaban J connectivity index is 0.000000244. The van der Waals surface area contributed by atoms with E-state index in [-0.39, 0.29) is 83.6 Å². The molecule has 0 aliphatic rings. The fourth-order valence-electron chi connectivity index (χ4n) is 5.86. The molecule has 4 aromatic carbocycles. The zero-order valence-electron chi connectivity index (χ0n) is 34.2. The smallest absolute Gasteiger partial charge is 0 e. The largest absolute Gasteiger partial charge is 0 e. The zero-order chi connectivity index (χ0) is 42.5. The predicted molar refractivity (Wildman–Crippen MR) is 240 cm³/mol. The van der Waals surface area contributed by atoms with Crippen molar-refractivity contribution in [2.75, 3.05) is 0 Å². The number of nitrogens with zero attached hydrogens (tertiary/aromatic N) is 2. The van der Waals surface area contributed by atoms with Crippen LogP contribution < -0.4 is 0 Å². The van der Waals surface area contributed by atoms with Crippen LogP contribution in [0.2, 0.25) is 0 Å². The Bertz CT molecular complexity index is 2690. The summed E-state index contributed by atoms with van der Waals surface area (Å²) in [6, 6.07) is 44.9. The van der Waals surface area contributed by atoms with Crippen LogP contribution in [-0.4, -0.2) is 60.8 Å². The molecule has 0 amide bonds. The standard InChI is InChI=1S/C21H16NSe.C19H11FNSe.2C5H8O2.2Ir/c1-14-8-15(2)10-17(9-14)19-11-18-12-20(23-21(18)13-22-19)16-6-4-3-5-7-16;20-16-8-6-14(7-9-16)18-11-15-10-17(21-12-19(15)22-18)13-4-2-1-3-5-13;2*1-4(6)3-5(2)7;;/h3-9,11-13H,1-2H3;1-4,6-12H;2*3,6H,1-2H3;;/q2*-1;;;;. The Morgan fingerprint density at radius 2 is 1.11 bits per heavy atom. The number of aliphatic hydroxyl groups is 2. The number of benzene rings is 4. The molecule has 61 heavy (non-hydrogen) atoms. The number of allylic oxidation sites excluding steroid dienone is 4. The number of hydrogen-bond donors (Lipinski definition) is 2. The molecule has 0 fully saturated rings. The van der Waals surface area contributed by atoms with Gasteiger partial charge in [-0.2, -0.15) is 0 Å². The van der Waals surface area contributed by atoms with Gasteiger partial charge in [0.05, 0.1) is 11.5 Å². The van der Waals surface area contributed by atoms with Crippen LogP contribution in [0.25, 0.3) is 61.8 Å². The molecule has 4 aromatic heterocycles. The molecule has 2 N–H and O–H groups in total. The van der Waals surface area contributed by atoms with Gasteiger partial charge in [-0.1, -0.05) is 0 Å². The second-order valence-electron chi connectivity index (χ2n) is 13.6. The third-order valence-electron chi connectivity index (χ3n) is 8.23. The molecule has 0 atom stereocenters. The minimum Gasteiger partial charge on any atom is 0 e. The van der Waals surface area contributed by atoms with Gasteiger partial charge in [-0.25, -0.2) is 0 Å². The van der Waals surface area contributed by atoms with E-state index in [1.165, 1.54) is 91.3 Å². The van der Waals surface area contributed by atoms with Gasteiger partial charge in [0.15, 0.2) is 11.6 Å². The van der Waals surface area contributed by atoms with E-state index in [4.69, 9.17) is 10.2 Å². The monoisotopic (exact) mass is 1300 g/mol. The van der Waals surface area contributed by atoms with Gasteiger partial charge < -0.3 is 10.2 Å². The van der Waals surface area contributed by atoms with Crippen LogP contribution in [-0.2, 0) is 49.8 Å². The number of carbonyl (C=O) groups excluding carboxylic acids is 2. The summed E-state index contributed by atoms with van der Waals surface area (Å²) >= 11 is 0.563. The first-order valence-corrected chi connectivity index (χ1v) is 22.0. The van der Waals surface area contributed by atoms with Gasteiger partial charge in [0.25, 0.3) is 0 Å². The number of hydrogen-bond acceptors (Lipinski definition) is 6. The predicted octanol–water partition coefficient (Wildman–Crippen LogP) is 11.7. The van der Waals surface area contributed by atoms with Gasteiger partial charge in [0, 0.05) is 52.4 Å². The maximum Gasteiger partial charge on any atom is 0 e. The maximum absolute atomic E-state index is 13.0. The topological polar surface area (TPSA) is 100 Å². The van der Waals surface area contributed by atoms with Crippen molar-refractivity contribution in [3.8, 4) is 42.5 Å². The van der Waals surface area contributed by atoms with E-state index >= 15 is 0 Å². The molecule has 316 valence electrons. The fraction of sp³-hybridized carbons (Fsp3) is 0.120. The molecule has 8 aromatic rings. The first kappa shape index (κ1) is 50.7. The average Bonchev–Trinajstić information content (AvgIpc) is 3.82. The summed E-state index contributed by atoms with van der Waals surface area (Å²) in [5.74, 6) is -0.323. The first-order valence-electron chi connectivity index (χ1n) is 18.6. The van der Waals surface area contributed by atoms with E-state index in [0.29, 0.717) is 14.5 Å². The number of pyridine rings is 2. The molecule has 0 spiro atoms. The van der Waals surface area contributed by atoms with Crippen molar-refractivity contribution in [1.82, 2.24) is 9.97 Å². The quantitative estimate of drug-likeness (QED) is 0.0745. The second-order valence-corrected chi connectivity index (χ2v) is 18.2. The Hall–Kier alpha value is -4.65. The number of ketones is 2. The zero-order valence-corrected chi connectivity index (χ0v) is 42.5.